The number of benzene rings is 1. The molecule has 1 aliphatic heterocycles. The summed E-state index contributed by atoms with van der Waals surface area (Å²) in [7, 11) is 0. The van der Waals surface area contributed by atoms with Gasteiger partial charge in [-0.1, -0.05) is 26.0 Å². The maximum atomic E-state index is 13.1. The Morgan fingerprint density at radius 3 is 2.85 bits per heavy atom. The molecule has 1 unspecified atom stereocenters. The Hall–Kier alpha value is -2.70. The fourth-order valence-corrected chi connectivity index (χ4v) is 3.89. The van der Waals surface area contributed by atoms with Gasteiger partial charge in [0.25, 0.3) is 0 Å². The first-order valence-electron chi connectivity index (χ1n) is 9.64. The Balaban J connectivity index is 1.55. The molecule has 4 rings (SSSR count). The number of nitrogens with one attached hydrogen (secondary N) is 1. The maximum absolute atomic E-state index is 13.1. The number of hydrogen-bond donors (Lipinski definition) is 1. The zero-order valence-corrected chi connectivity index (χ0v) is 16.1. The topological polar surface area (TPSA) is 79.7 Å². The minimum absolute atomic E-state index is 0.136. The molecule has 27 heavy (non-hydrogen) atoms. The van der Waals surface area contributed by atoms with E-state index in [0.717, 1.165) is 47.9 Å². The molecule has 0 aliphatic carbocycles. The molecule has 7 nitrogen and oxygen atoms in total. The number of H-pyrrole nitrogens is 1. The molecule has 1 amide bonds. The van der Waals surface area contributed by atoms with Crippen LogP contribution in [0.4, 0.5) is 0 Å². The lowest BCUT2D eigenvalue weighted by Gasteiger charge is -2.32. The monoisotopic (exact) mass is 366 g/mol. The van der Waals surface area contributed by atoms with Gasteiger partial charge >= 0.3 is 0 Å². The number of piperidine rings is 1. The first-order valence-corrected chi connectivity index (χ1v) is 9.64. The minimum Gasteiger partial charge on any atom is -0.340 e. The number of imidazole rings is 1. The van der Waals surface area contributed by atoms with Gasteiger partial charge < -0.3 is 9.47 Å². The number of likely N-dealkylation sites (tertiary alicyclic amines) is 1. The Labute approximate surface area is 158 Å². The van der Waals surface area contributed by atoms with E-state index in [-0.39, 0.29) is 17.7 Å². The fraction of sp³-hybridized carbons (Fsp3) is 0.500. The zero-order valence-electron chi connectivity index (χ0n) is 16.1. The summed E-state index contributed by atoms with van der Waals surface area (Å²) in [5, 5.41) is 7.21. The molecule has 0 spiro atoms. The van der Waals surface area contributed by atoms with Crippen LogP contribution >= 0.6 is 0 Å². The van der Waals surface area contributed by atoms with Crippen molar-refractivity contribution in [3.8, 4) is 0 Å². The highest BCUT2D eigenvalue weighted by atomic mass is 16.2. The molecular weight excluding hydrogens is 340 g/mol. The quantitative estimate of drug-likeness (QED) is 0.770. The van der Waals surface area contributed by atoms with Crippen LogP contribution in [0.25, 0.3) is 11.0 Å². The highest BCUT2D eigenvalue weighted by Crippen LogP contribution is 2.26. The summed E-state index contributed by atoms with van der Waals surface area (Å²) in [5.74, 6) is 3.20. The van der Waals surface area contributed by atoms with Gasteiger partial charge in [-0.25, -0.2) is 9.97 Å². The molecule has 142 valence electrons. The predicted octanol–water partition coefficient (Wildman–Crippen LogP) is 2.99. The summed E-state index contributed by atoms with van der Waals surface area (Å²) < 4.78 is 2.07. The predicted molar refractivity (Wildman–Crippen MR) is 103 cm³/mol. The molecule has 1 saturated heterocycles. The first kappa shape index (κ1) is 17.7. The molecule has 0 saturated carbocycles. The number of rotatable bonds is 4. The van der Waals surface area contributed by atoms with Crippen molar-refractivity contribution in [2.75, 3.05) is 13.1 Å². The zero-order chi connectivity index (χ0) is 19.0. The van der Waals surface area contributed by atoms with E-state index in [1.54, 1.807) is 0 Å². The Bertz CT molecular complexity index is 956. The van der Waals surface area contributed by atoms with Gasteiger partial charge in [0.1, 0.15) is 18.2 Å². The van der Waals surface area contributed by atoms with E-state index in [2.05, 4.69) is 33.6 Å². The first-order chi connectivity index (χ1) is 13.0. The molecule has 1 atom stereocenters. The number of fused-ring (bicyclic) bond motifs is 1. The van der Waals surface area contributed by atoms with Crippen molar-refractivity contribution in [1.29, 1.82) is 0 Å². The van der Waals surface area contributed by atoms with E-state index in [1.165, 1.54) is 0 Å². The fourth-order valence-electron chi connectivity index (χ4n) is 3.89. The van der Waals surface area contributed by atoms with Crippen molar-refractivity contribution in [3.63, 3.8) is 0 Å². The molecule has 0 radical (unpaired) electrons. The van der Waals surface area contributed by atoms with E-state index in [0.29, 0.717) is 13.1 Å². The van der Waals surface area contributed by atoms with Crippen LogP contribution in [0.5, 0.6) is 0 Å². The number of hydrogen-bond acceptors (Lipinski definition) is 4. The second-order valence-corrected chi connectivity index (χ2v) is 7.66. The van der Waals surface area contributed by atoms with E-state index in [1.807, 2.05) is 36.1 Å². The second kappa shape index (κ2) is 7.13. The third-order valence-corrected chi connectivity index (χ3v) is 5.25. The molecule has 3 aromatic rings. The summed E-state index contributed by atoms with van der Waals surface area (Å²) in [4.78, 5) is 24.3. The lowest BCUT2D eigenvalue weighted by Crippen LogP contribution is -2.41. The summed E-state index contributed by atoms with van der Waals surface area (Å²) in [6.07, 6.45) is 2.00. The van der Waals surface area contributed by atoms with Gasteiger partial charge in [-0.05, 0) is 31.9 Å². The van der Waals surface area contributed by atoms with Crippen LogP contribution in [0.3, 0.4) is 0 Å². The van der Waals surface area contributed by atoms with Crippen molar-refractivity contribution in [2.24, 2.45) is 0 Å². The Morgan fingerprint density at radius 1 is 1.30 bits per heavy atom. The lowest BCUT2D eigenvalue weighted by molar-refractivity contribution is -0.133. The number of carbonyl (C=O) groups excluding carboxylic acids is 1. The number of nitrogens with zero attached hydrogens (tertiary/aromatic N) is 5. The molecule has 2 aromatic heterocycles. The SMILES string of the molecule is Cc1nc(C2CCCN(C(=O)Cn3c(C(C)C)nc4ccccc43)C2)n[nH]1. The van der Waals surface area contributed by atoms with E-state index in [4.69, 9.17) is 4.98 Å². The maximum Gasteiger partial charge on any atom is 0.242 e. The highest BCUT2D eigenvalue weighted by molar-refractivity contribution is 5.81. The standard InChI is InChI=1S/C20H26N6O/c1-13(2)20-22-16-8-4-5-9-17(16)26(20)12-18(27)25-10-6-7-15(11-25)19-21-14(3)23-24-19/h4-5,8-9,13,15H,6-7,10-12H2,1-3H3,(H,21,23,24). The molecular formula is C20H26N6O. The number of amides is 1. The average Bonchev–Trinajstić information content (AvgIpc) is 3.26. The Morgan fingerprint density at radius 2 is 2.11 bits per heavy atom. The molecule has 1 aliphatic rings. The summed E-state index contributed by atoms with van der Waals surface area (Å²) >= 11 is 0. The largest absolute Gasteiger partial charge is 0.340 e. The molecule has 3 heterocycles. The van der Waals surface area contributed by atoms with Crippen molar-refractivity contribution < 1.29 is 4.79 Å². The molecule has 0 bridgehead atoms. The molecule has 1 aromatic carbocycles. The van der Waals surface area contributed by atoms with Crippen LogP contribution in [0.15, 0.2) is 24.3 Å². The van der Waals surface area contributed by atoms with Gasteiger partial charge in [0.15, 0.2) is 5.82 Å². The van der Waals surface area contributed by atoms with Crippen molar-refractivity contribution in [3.05, 3.63) is 41.7 Å². The normalized spacial score (nSPS) is 17.8. The van der Waals surface area contributed by atoms with Crippen LogP contribution < -0.4 is 0 Å². The third-order valence-electron chi connectivity index (χ3n) is 5.25. The number of aromatic amines is 1. The summed E-state index contributed by atoms with van der Waals surface area (Å²) in [6, 6.07) is 8.03. The summed E-state index contributed by atoms with van der Waals surface area (Å²) in [5.41, 5.74) is 1.97. The van der Waals surface area contributed by atoms with E-state index >= 15 is 0 Å². The van der Waals surface area contributed by atoms with Gasteiger partial charge in [-0.15, -0.1) is 0 Å². The second-order valence-electron chi connectivity index (χ2n) is 7.66. The minimum atomic E-state index is 0.136. The third kappa shape index (κ3) is 3.46. The molecule has 1 N–H and O–H groups in total. The molecule has 7 heteroatoms. The number of aromatic nitrogens is 5. The van der Waals surface area contributed by atoms with E-state index < -0.39 is 0 Å². The number of carbonyl (C=O) groups is 1. The Kier molecular flexibility index (Phi) is 4.68. The van der Waals surface area contributed by atoms with Crippen molar-refractivity contribution >= 4 is 16.9 Å². The average molecular weight is 366 g/mol. The smallest absolute Gasteiger partial charge is 0.242 e. The van der Waals surface area contributed by atoms with Crippen LogP contribution in [0.2, 0.25) is 0 Å². The van der Waals surface area contributed by atoms with Crippen LogP contribution in [0, 0.1) is 6.92 Å². The van der Waals surface area contributed by atoms with Crippen molar-refractivity contribution in [1.82, 2.24) is 29.6 Å². The highest BCUT2D eigenvalue weighted by Gasteiger charge is 2.28. The number of para-hydroxylation sites is 2. The van der Waals surface area contributed by atoms with Crippen LogP contribution in [0.1, 0.15) is 56.0 Å². The van der Waals surface area contributed by atoms with Gasteiger partial charge in [-0.2, -0.15) is 5.10 Å². The van der Waals surface area contributed by atoms with Gasteiger partial charge in [0.2, 0.25) is 5.91 Å². The van der Waals surface area contributed by atoms with Crippen LogP contribution in [-0.2, 0) is 11.3 Å². The van der Waals surface area contributed by atoms with E-state index in [9.17, 15) is 4.79 Å². The van der Waals surface area contributed by atoms with Gasteiger partial charge in [-0.3, -0.25) is 9.89 Å². The van der Waals surface area contributed by atoms with Crippen LogP contribution in [-0.4, -0.2) is 48.6 Å². The van der Waals surface area contributed by atoms with Gasteiger partial charge in [0.05, 0.1) is 11.0 Å². The van der Waals surface area contributed by atoms with Gasteiger partial charge in [0, 0.05) is 24.9 Å². The summed E-state index contributed by atoms with van der Waals surface area (Å²) in [6.45, 7) is 7.94. The lowest BCUT2D eigenvalue weighted by atomic mass is 9.97. The van der Waals surface area contributed by atoms with Crippen molar-refractivity contribution in [2.45, 2.75) is 52.0 Å². The molecule has 1 fully saturated rings. The number of aryl methyl sites for hydroxylation is 1.